The molecular formula is C10H10O2. The van der Waals surface area contributed by atoms with Crippen molar-refractivity contribution in [3.05, 3.63) is 12.2 Å². The van der Waals surface area contributed by atoms with Gasteiger partial charge in [-0.05, 0) is 30.3 Å². The summed E-state index contributed by atoms with van der Waals surface area (Å²) in [7, 11) is 0. The lowest BCUT2D eigenvalue weighted by atomic mass is 9.81. The van der Waals surface area contributed by atoms with Crippen LogP contribution in [0.2, 0.25) is 0 Å². The lowest BCUT2D eigenvalue weighted by Gasteiger charge is -2.19. The van der Waals surface area contributed by atoms with Crippen LogP contribution in [0.15, 0.2) is 12.2 Å². The van der Waals surface area contributed by atoms with Gasteiger partial charge >= 0.3 is 0 Å². The summed E-state index contributed by atoms with van der Waals surface area (Å²) >= 11 is 0. The third-order valence-electron chi connectivity index (χ3n) is 4.13. The van der Waals surface area contributed by atoms with Gasteiger partial charge in [0.25, 0.3) is 0 Å². The standard InChI is InChI=1S/C10H10O2/c11-7-2-1-4-5-3-6(8(4)7)10-9(5)12-10/h1-2,4-6,8-10H,3H2/t4-,5-,6+,8-,9-,10+/m0/s1. The minimum atomic E-state index is 0.318. The zero-order valence-electron chi connectivity index (χ0n) is 6.64. The van der Waals surface area contributed by atoms with Crippen LogP contribution >= 0.6 is 0 Å². The van der Waals surface area contributed by atoms with Gasteiger partial charge in [-0.25, -0.2) is 0 Å². The second kappa shape index (κ2) is 1.53. The predicted molar refractivity (Wildman–Crippen MR) is 41.4 cm³/mol. The fraction of sp³-hybridized carbons (Fsp3) is 0.700. The first-order valence-electron chi connectivity index (χ1n) is 4.74. The van der Waals surface area contributed by atoms with E-state index in [1.165, 1.54) is 6.42 Å². The van der Waals surface area contributed by atoms with Gasteiger partial charge in [0.1, 0.15) is 0 Å². The largest absolute Gasteiger partial charge is 0.369 e. The number of fused-ring (bicyclic) bond motifs is 8. The molecule has 1 aliphatic heterocycles. The van der Waals surface area contributed by atoms with Crippen molar-refractivity contribution >= 4 is 5.78 Å². The SMILES string of the molecule is O=C1C=C[C@H]2[C@@H]3C[C@@H]([C@H]4O[C@@H]34)[C@@H]12. The quantitative estimate of drug-likeness (QED) is 0.492. The van der Waals surface area contributed by atoms with Gasteiger partial charge in [-0.2, -0.15) is 0 Å². The topological polar surface area (TPSA) is 29.6 Å². The number of carbonyl (C=O) groups is 1. The summed E-state index contributed by atoms with van der Waals surface area (Å²) in [5.41, 5.74) is 0. The molecule has 0 unspecified atom stereocenters. The number of epoxide rings is 1. The van der Waals surface area contributed by atoms with Gasteiger partial charge in [0.2, 0.25) is 0 Å². The van der Waals surface area contributed by atoms with E-state index in [-0.39, 0.29) is 0 Å². The van der Waals surface area contributed by atoms with Gasteiger partial charge in [0, 0.05) is 5.92 Å². The molecule has 4 rings (SSSR count). The third-order valence-corrected chi connectivity index (χ3v) is 4.13. The van der Waals surface area contributed by atoms with Crippen LogP contribution in [0, 0.1) is 23.7 Å². The first-order chi connectivity index (χ1) is 5.86. The number of carbonyl (C=O) groups excluding carboxylic acids is 1. The van der Waals surface area contributed by atoms with Crippen LogP contribution in [0.3, 0.4) is 0 Å². The average molecular weight is 162 g/mol. The molecule has 2 bridgehead atoms. The van der Waals surface area contributed by atoms with E-state index in [9.17, 15) is 4.79 Å². The van der Waals surface area contributed by atoms with Crippen LogP contribution in [0.1, 0.15) is 6.42 Å². The number of allylic oxidation sites excluding steroid dienone is 2. The summed E-state index contributed by atoms with van der Waals surface area (Å²) in [4.78, 5) is 11.5. The Morgan fingerprint density at radius 3 is 3.08 bits per heavy atom. The number of hydrogen-bond donors (Lipinski definition) is 0. The molecule has 3 aliphatic carbocycles. The molecule has 12 heavy (non-hydrogen) atoms. The lowest BCUT2D eigenvalue weighted by Crippen LogP contribution is -2.27. The molecule has 0 amide bonds. The van der Waals surface area contributed by atoms with Crippen molar-refractivity contribution in [1.29, 1.82) is 0 Å². The molecule has 3 fully saturated rings. The molecule has 0 N–H and O–H groups in total. The maximum absolute atomic E-state index is 11.5. The van der Waals surface area contributed by atoms with Gasteiger partial charge < -0.3 is 4.74 Å². The second-order valence-corrected chi connectivity index (χ2v) is 4.49. The Bertz CT molecular complexity index is 307. The van der Waals surface area contributed by atoms with E-state index in [1.807, 2.05) is 0 Å². The van der Waals surface area contributed by atoms with Crippen molar-refractivity contribution in [2.24, 2.45) is 23.7 Å². The van der Waals surface area contributed by atoms with Gasteiger partial charge in [-0.1, -0.05) is 6.08 Å². The molecule has 0 radical (unpaired) electrons. The molecule has 2 saturated carbocycles. The van der Waals surface area contributed by atoms with Crippen LogP contribution in [0.25, 0.3) is 0 Å². The highest BCUT2D eigenvalue weighted by atomic mass is 16.6. The Labute approximate surface area is 70.6 Å². The maximum Gasteiger partial charge on any atom is 0.159 e. The summed E-state index contributed by atoms with van der Waals surface area (Å²) in [5.74, 6) is 2.49. The summed E-state index contributed by atoms with van der Waals surface area (Å²) in [6, 6.07) is 0. The van der Waals surface area contributed by atoms with E-state index >= 15 is 0 Å². The van der Waals surface area contributed by atoms with Crippen molar-refractivity contribution in [2.75, 3.05) is 0 Å². The molecule has 0 spiro atoms. The molecule has 0 aromatic rings. The molecule has 1 saturated heterocycles. The normalized spacial score (nSPS) is 63.8. The number of hydrogen-bond acceptors (Lipinski definition) is 2. The Morgan fingerprint density at radius 1 is 1.33 bits per heavy atom. The van der Waals surface area contributed by atoms with Gasteiger partial charge in [0.05, 0.1) is 12.2 Å². The average Bonchev–Trinajstić information content (AvgIpc) is 2.50. The second-order valence-electron chi connectivity index (χ2n) is 4.49. The van der Waals surface area contributed by atoms with Gasteiger partial charge in [-0.3, -0.25) is 4.79 Å². The molecular weight excluding hydrogens is 152 g/mol. The lowest BCUT2D eigenvalue weighted by molar-refractivity contribution is -0.119. The minimum Gasteiger partial charge on any atom is -0.369 e. The molecule has 2 nitrogen and oxygen atoms in total. The highest BCUT2D eigenvalue weighted by Gasteiger charge is 2.68. The number of ketones is 1. The van der Waals surface area contributed by atoms with Crippen molar-refractivity contribution in [3.63, 3.8) is 0 Å². The third kappa shape index (κ3) is 0.446. The van der Waals surface area contributed by atoms with Crippen LogP contribution in [-0.4, -0.2) is 18.0 Å². The van der Waals surface area contributed by atoms with E-state index in [1.54, 1.807) is 6.08 Å². The Hall–Kier alpha value is -0.630. The predicted octanol–water partition coefficient (Wildman–Crippen LogP) is 0.775. The first-order valence-corrected chi connectivity index (χ1v) is 4.74. The van der Waals surface area contributed by atoms with Crippen LogP contribution in [0.4, 0.5) is 0 Å². The van der Waals surface area contributed by atoms with Crippen LogP contribution < -0.4 is 0 Å². The monoisotopic (exact) mass is 162 g/mol. The fourth-order valence-corrected chi connectivity index (χ4v) is 3.67. The van der Waals surface area contributed by atoms with E-state index in [4.69, 9.17) is 4.74 Å². The molecule has 0 aromatic heterocycles. The summed E-state index contributed by atoms with van der Waals surface area (Å²) in [6.07, 6.45) is 6.17. The van der Waals surface area contributed by atoms with Crippen molar-refractivity contribution in [3.8, 4) is 0 Å². The Morgan fingerprint density at radius 2 is 2.17 bits per heavy atom. The van der Waals surface area contributed by atoms with Gasteiger partial charge in [-0.15, -0.1) is 0 Å². The summed E-state index contributed by atoms with van der Waals surface area (Å²) in [6.45, 7) is 0. The summed E-state index contributed by atoms with van der Waals surface area (Å²) in [5, 5.41) is 0. The number of rotatable bonds is 0. The zero-order chi connectivity index (χ0) is 7.87. The molecule has 1 heterocycles. The number of ether oxygens (including phenoxy) is 1. The highest BCUT2D eigenvalue weighted by molar-refractivity contribution is 5.95. The smallest absolute Gasteiger partial charge is 0.159 e. The van der Waals surface area contributed by atoms with Gasteiger partial charge in [0.15, 0.2) is 5.78 Å². The highest BCUT2D eigenvalue weighted by Crippen LogP contribution is 2.63. The maximum atomic E-state index is 11.5. The fourth-order valence-electron chi connectivity index (χ4n) is 3.67. The Kier molecular flexibility index (Phi) is 0.756. The Balaban J connectivity index is 1.84. The molecule has 0 aromatic carbocycles. The van der Waals surface area contributed by atoms with E-state index < -0.39 is 0 Å². The minimum absolute atomic E-state index is 0.318. The van der Waals surface area contributed by atoms with E-state index in [0.29, 0.717) is 41.7 Å². The van der Waals surface area contributed by atoms with Crippen LogP contribution in [-0.2, 0) is 9.53 Å². The molecule has 2 heteroatoms. The van der Waals surface area contributed by atoms with Crippen molar-refractivity contribution in [1.82, 2.24) is 0 Å². The van der Waals surface area contributed by atoms with Crippen molar-refractivity contribution < 1.29 is 9.53 Å². The molecule has 6 atom stereocenters. The zero-order valence-corrected chi connectivity index (χ0v) is 6.64. The van der Waals surface area contributed by atoms with E-state index in [2.05, 4.69) is 6.08 Å². The molecule has 62 valence electrons. The van der Waals surface area contributed by atoms with Crippen LogP contribution in [0.5, 0.6) is 0 Å². The summed E-state index contributed by atoms with van der Waals surface area (Å²) < 4.78 is 5.54. The molecule has 4 aliphatic rings. The van der Waals surface area contributed by atoms with Crippen molar-refractivity contribution in [2.45, 2.75) is 18.6 Å². The first kappa shape index (κ1) is 5.92. The van der Waals surface area contributed by atoms with E-state index in [0.717, 1.165) is 0 Å².